The van der Waals surface area contributed by atoms with E-state index in [1.807, 2.05) is 24.3 Å². The van der Waals surface area contributed by atoms with Crippen molar-refractivity contribution in [3.05, 3.63) is 53.6 Å². The molecule has 1 aliphatic heterocycles. The Morgan fingerprint density at radius 2 is 2.00 bits per heavy atom. The molecule has 1 aliphatic rings. The van der Waals surface area contributed by atoms with Crippen LogP contribution in [0.2, 0.25) is 0 Å². The highest BCUT2D eigenvalue weighted by Gasteiger charge is 2.23. The van der Waals surface area contributed by atoms with Crippen LogP contribution in [0.5, 0.6) is 11.5 Å². The Bertz CT molecular complexity index is 719. The molecule has 3 rings (SSSR count). The number of aromatic hydroxyl groups is 1. The highest BCUT2D eigenvalue weighted by Crippen LogP contribution is 2.34. The molecule has 1 amide bonds. The van der Waals surface area contributed by atoms with E-state index in [-0.39, 0.29) is 11.7 Å². The lowest BCUT2D eigenvalue weighted by Gasteiger charge is -2.04. The number of methoxy groups -OCH3 is 1. The topological polar surface area (TPSA) is 58.6 Å². The number of carbonyl (C=O) groups excluding carboxylic acids is 1. The van der Waals surface area contributed by atoms with Crippen molar-refractivity contribution in [1.29, 1.82) is 0 Å². The Hall–Kier alpha value is -2.75. The molecule has 100 valence electrons. The maximum absolute atomic E-state index is 12.0. The molecule has 20 heavy (non-hydrogen) atoms. The number of nitrogens with one attached hydrogen (secondary N) is 1. The predicted molar refractivity (Wildman–Crippen MR) is 77.6 cm³/mol. The van der Waals surface area contributed by atoms with Crippen molar-refractivity contribution in [2.45, 2.75) is 0 Å². The third kappa shape index (κ3) is 2.01. The second-order valence-corrected chi connectivity index (χ2v) is 4.48. The number of carbonyl (C=O) groups is 1. The van der Waals surface area contributed by atoms with Gasteiger partial charge in [0.15, 0.2) is 0 Å². The minimum absolute atomic E-state index is 0.107. The van der Waals surface area contributed by atoms with Crippen LogP contribution < -0.4 is 10.1 Å². The third-order valence-electron chi connectivity index (χ3n) is 3.24. The Kier molecular flexibility index (Phi) is 2.91. The summed E-state index contributed by atoms with van der Waals surface area (Å²) >= 11 is 0. The van der Waals surface area contributed by atoms with Gasteiger partial charge in [-0.05, 0) is 30.3 Å². The van der Waals surface area contributed by atoms with Crippen molar-refractivity contribution in [2.75, 3.05) is 12.4 Å². The summed E-state index contributed by atoms with van der Waals surface area (Å²) < 4.78 is 5.13. The van der Waals surface area contributed by atoms with Gasteiger partial charge >= 0.3 is 0 Å². The molecule has 0 radical (unpaired) electrons. The third-order valence-corrected chi connectivity index (χ3v) is 3.24. The number of benzene rings is 2. The average molecular weight is 267 g/mol. The zero-order chi connectivity index (χ0) is 14.1. The zero-order valence-electron chi connectivity index (χ0n) is 10.9. The Morgan fingerprint density at radius 3 is 2.80 bits per heavy atom. The Labute approximate surface area is 116 Å². The van der Waals surface area contributed by atoms with E-state index < -0.39 is 0 Å². The van der Waals surface area contributed by atoms with Crippen LogP contribution in [0, 0.1) is 0 Å². The number of ether oxygens (including phenoxy) is 1. The van der Waals surface area contributed by atoms with E-state index in [0.29, 0.717) is 16.9 Å². The summed E-state index contributed by atoms with van der Waals surface area (Å²) in [6, 6.07) is 12.4. The van der Waals surface area contributed by atoms with Crippen molar-refractivity contribution >= 4 is 23.2 Å². The van der Waals surface area contributed by atoms with Gasteiger partial charge in [0.2, 0.25) is 0 Å². The molecule has 0 aromatic heterocycles. The molecule has 4 nitrogen and oxygen atoms in total. The van der Waals surface area contributed by atoms with Gasteiger partial charge in [-0.3, -0.25) is 4.79 Å². The van der Waals surface area contributed by atoms with Crippen molar-refractivity contribution in [3.8, 4) is 11.5 Å². The monoisotopic (exact) mass is 267 g/mol. The standard InChI is InChI=1S/C16H13NO3/c1-20-11-6-7-15(18)10(8-11)9-13-12-4-2-3-5-14(12)17-16(13)19/h2-9,18H,1H3,(H,17,19). The maximum atomic E-state index is 12.0. The summed E-state index contributed by atoms with van der Waals surface area (Å²) in [5.41, 5.74) is 2.70. The number of fused-ring (bicyclic) bond motifs is 1. The fourth-order valence-corrected chi connectivity index (χ4v) is 2.21. The smallest absolute Gasteiger partial charge is 0.256 e. The summed E-state index contributed by atoms with van der Waals surface area (Å²) in [4.78, 5) is 12.0. The van der Waals surface area contributed by atoms with Crippen LogP contribution in [0.3, 0.4) is 0 Å². The Morgan fingerprint density at radius 1 is 1.20 bits per heavy atom. The molecule has 1 heterocycles. The molecule has 0 fully saturated rings. The van der Waals surface area contributed by atoms with Crippen LogP contribution in [-0.4, -0.2) is 18.1 Å². The van der Waals surface area contributed by atoms with Gasteiger partial charge in [0.05, 0.1) is 7.11 Å². The molecule has 4 heteroatoms. The summed E-state index contributed by atoms with van der Waals surface area (Å²) in [6.45, 7) is 0. The van der Waals surface area contributed by atoms with Gasteiger partial charge < -0.3 is 15.2 Å². The summed E-state index contributed by atoms with van der Waals surface area (Å²) in [5.74, 6) is 0.560. The lowest BCUT2D eigenvalue weighted by atomic mass is 10.0. The first kappa shape index (κ1) is 12.3. The van der Waals surface area contributed by atoms with Crippen LogP contribution in [0.4, 0.5) is 5.69 Å². The van der Waals surface area contributed by atoms with Gasteiger partial charge in [-0.25, -0.2) is 0 Å². The summed E-state index contributed by atoms with van der Waals surface area (Å²) in [6.07, 6.45) is 1.67. The number of amides is 1. The number of hydrogen-bond acceptors (Lipinski definition) is 3. The number of phenolic OH excluding ortho intramolecular Hbond substituents is 1. The van der Waals surface area contributed by atoms with Gasteiger partial charge in [-0.2, -0.15) is 0 Å². The van der Waals surface area contributed by atoms with Gasteiger partial charge in [0.25, 0.3) is 5.91 Å². The average Bonchev–Trinajstić information content (AvgIpc) is 2.77. The van der Waals surface area contributed by atoms with Crippen molar-refractivity contribution < 1.29 is 14.6 Å². The van der Waals surface area contributed by atoms with Crippen LogP contribution >= 0.6 is 0 Å². The van der Waals surface area contributed by atoms with Gasteiger partial charge in [0, 0.05) is 22.4 Å². The van der Waals surface area contributed by atoms with Crippen molar-refractivity contribution in [1.82, 2.24) is 0 Å². The highest BCUT2D eigenvalue weighted by atomic mass is 16.5. The molecular formula is C16H13NO3. The maximum Gasteiger partial charge on any atom is 0.256 e. The van der Waals surface area contributed by atoms with Gasteiger partial charge in [-0.15, -0.1) is 0 Å². The first-order valence-electron chi connectivity index (χ1n) is 6.18. The molecule has 0 aliphatic carbocycles. The van der Waals surface area contributed by atoms with E-state index in [2.05, 4.69) is 5.32 Å². The fraction of sp³-hybridized carbons (Fsp3) is 0.0625. The molecule has 2 aromatic rings. The first-order chi connectivity index (χ1) is 9.69. The van der Waals surface area contributed by atoms with E-state index in [4.69, 9.17) is 4.74 Å². The second-order valence-electron chi connectivity index (χ2n) is 4.48. The van der Waals surface area contributed by atoms with E-state index in [0.717, 1.165) is 11.3 Å². The molecule has 0 saturated carbocycles. The minimum atomic E-state index is -0.173. The van der Waals surface area contributed by atoms with Crippen LogP contribution in [-0.2, 0) is 4.79 Å². The van der Waals surface area contributed by atoms with Crippen molar-refractivity contribution in [2.24, 2.45) is 0 Å². The first-order valence-corrected chi connectivity index (χ1v) is 6.18. The molecule has 0 unspecified atom stereocenters. The van der Waals surface area contributed by atoms with Crippen molar-refractivity contribution in [3.63, 3.8) is 0 Å². The van der Waals surface area contributed by atoms with Crippen LogP contribution in [0.1, 0.15) is 11.1 Å². The molecule has 0 bridgehead atoms. The van der Waals surface area contributed by atoms with Gasteiger partial charge in [0.1, 0.15) is 11.5 Å². The normalized spacial score (nSPS) is 15.1. The number of phenols is 1. The highest BCUT2D eigenvalue weighted by molar-refractivity contribution is 6.35. The predicted octanol–water partition coefficient (Wildman–Crippen LogP) is 2.89. The largest absolute Gasteiger partial charge is 0.507 e. The number of anilines is 1. The van der Waals surface area contributed by atoms with E-state index >= 15 is 0 Å². The summed E-state index contributed by atoms with van der Waals surface area (Å²) in [5, 5.41) is 12.7. The molecule has 0 spiro atoms. The zero-order valence-corrected chi connectivity index (χ0v) is 10.9. The lowest BCUT2D eigenvalue weighted by Crippen LogP contribution is -2.03. The quantitative estimate of drug-likeness (QED) is 0.822. The molecule has 0 atom stereocenters. The Balaban J connectivity index is 2.11. The lowest BCUT2D eigenvalue weighted by molar-refractivity contribution is -0.110. The molecule has 2 N–H and O–H groups in total. The van der Waals surface area contributed by atoms with Crippen LogP contribution in [0.25, 0.3) is 11.6 Å². The minimum Gasteiger partial charge on any atom is -0.507 e. The SMILES string of the molecule is COc1ccc(O)c(C=C2C(=O)Nc3ccccc32)c1. The fourth-order valence-electron chi connectivity index (χ4n) is 2.21. The molecule has 2 aromatic carbocycles. The molecular weight excluding hydrogens is 254 g/mol. The van der Waals surface area contributed by atoms with E-state index in [9.17, 15) is 9.90 Å². The number of rotatable bonds is 2. The second kappa shape index (κ2) is 4.74. The number of hydrogen-bond donors (Lipinski definition) is 2. The van der Waals surface area contributed by atoms with Gasteiger partial charge in [-0.1, -0.05) is 18.2 Å². The number of para-hydroxylation sites is 1. The van der Waals surface area contributed by atoms with E-state index in [1.54, 1.807) is 31.4 Å². The molecule has 0 saturated heterocycles. The van der Waals surface area contributed by atoms with Crippen LogP contribution in [0.15, 0.2) is 42.5 Å². The summed E-state index contributed by atoms with van der Waals surface area (Å²) in [7, 11) is 1.56. The van der Waals surface area contributed by atoms with E-state index in [1.165, 1.54) is 0 Å².